The molecular weight excluding hydrogens is 258 g/mol. The number of rotatable bonds is 4. The van der Waals surface area contributed by atoms with Crippen LogP contribution in [0.25, 0.3) is 0 Å². The number of carbonyl (C=O) groups excluding carboxylic acids is 1. The van der Waals surface area contributed by atoms with E-state index in [4.69, 9.17) is 0 Å². The Morgan fingerprint density at radius 2 is 2.32 bits per heavy atom. The van der Waals surface area contributed by atoms with Gasteiger partial charge in [0, 0.05) is 30.6 Å². The van der Waals surface area contributed by atoms with Crippen LogP contribution in [-0.4, -0.2) is 49.3 Å². The molecule has 1 unspecified atom stereocenters. The molecule has 1 aliphatic rings. The molecule has 0 bridgehead atoms. The number of piperazine rings is 1. The Balaban J connectivity index is 1.90. The summed E-state index contributed by atoms with van der Waals surface area (Å²) in [5.74, 6) is 0.0654. The van der Waals surface area contributed by atoms with Crippen LogP contribution < -0.4 is 10.6 Å². The quantitative estimate of drug-likeness (QED) is 0.823. The summed E-state index contributed by atoms with van der Waals surface area (Å²) in [6.45, 7) is 5.43. The smallest absolute Gasteiger partial charge is 0.238 e. The van der Waals surface area contributed by atoms with Gasteiger partial charge in [-0.1, -0.05) is 12.1 Å². The van der Waals surface area contributed by atoms with Gasteiger partial charge in [-0.15, -0.1) is 11.8 Å². The van der Waals surface area contributed by atoms with E-state index < -0.39 is 0 Å². The maximum atomic E-state index is 12.1. The van der Waals surface area contributed by atoms with Crippen LogP contribution in [0.4, 0.5) is 5.69 Å². The summed E-state index contributed by atoms with van der Waals surface area (Å²) in [6, 6.07) is 8.36. The lowest BCUT2D eigenvalue weighted by atomic mass is 10.2. The Labute approximate surface area is 118 Å². The fourth-order valence-electron chi connectivity index (χ4n) is 2.30. The number of carbonyl (C=O) groups is 1. The maximum absolute atomic E-state index is 12.1. The summed E-state index contributed by atoms with van der Waals surface area (Å²) in [5.41, 5.74) is 0.906. The summed E-state index contributed by atoms with van der Waals surface area (Å²) < 4.78 is 0. The molecule has 0 saturated carbocycles. The fourth-order valence-corrected chi connectivity index (χ4v) is 2.85. The zero-order valence-electron chi connectivity index (χ0n) is 11.5. The third kappa shape index (κ3) is 4.23. The molecule has 1 aromatic rings. The van der Waals surface area contributed by atoms with E-state index in [1.54, 1.807) is 11.8 Å². The Hall–Kier alpha value is -1.04. The Bertz CT molecular complexity index is 438. The molecule has 5 heteroatoms. The highest BCUT2D eigenvalue weighted by molar-refractivity contribution is 7.98. The Morgan fingerprint density at radius 1 is 1.53 bits per heavy atom. The number of nitrogens with zero attached hydrogens (tertiary/aromatic N) is 1. The van der Waals surface area contributed by atoms with Crippen molar-refractivity contribution < 1.29 is 4.79 Å². The van der Waals surface area contributed by atoms with Crippen LogP contribution in [0.15, 0.2) is 29.2 Å². The first kappa shape index (κ1) is 14.4. The number of anilines is 1. The van der Waals surface area contributed by atoms with E-state index in [2.05, 4.69) is 22.5 Å². The second kappa shape index (κ2) is 6.93. The maximum Gasteiger partial charge on any atom is 0.238 e. The van der Waals surface area contributed by atoms with Crippen molar-refractivity contribution >= 4 is 23.4 Å². The normalized spacial score (nSPS) is 20.2. The van der Waals surface area contributed by atoms with Gasteiger partial charge in [0.2, 0.25) is 5.91 Å². The SMILES string of the molecule is CSc1ccccc1NC(=O)CN1CCNC(C)C1. The van der Waals surface area contributed by atoms with Gasteiger partial charge in [-0.25, -0.2) is 0 Å². The molecule has 1 saturated heterocycles. The highest BCUT2D eigenvalue weighted by atomic mass is 32.2. The molecule has 1 atom stereocenters. The van der Waals surface area contributed by atoms with E-state index in [9.17, 15) is 4.79 Å². The van der Waals surface area contributed by atoms with Gasteiger partial charge in [0.1, 0.15) is 0 Å². The summed E-state index contributed by atoms with van der Waals surface area (Å²) in [6.07, 6.45) is 2.02. The molecule has 1 fully saturated rings. The van der Waals surface area contributed by atoms with Gasteiger partial charge in [0.25, 0.3) is 0 Å². The predicted molar refractivity (Wildman–Crippen MR) is 80.8 cm³/mol. The van der Waals surface area contributed by atoms with Crippen LogP contribution in [0.1, 0.15) is 6.92 Å². The number of hydrogen-bond donors (Lipinski definition) is 2. The van der Waals surface area contributed by atoms with Crippen molar-refractivity contribution in [1.29, 1.82) is 0 Å². The van der Waals surface area contributed by atoms with Gasteiger partial charge in [-0.3, -0.25) is 9.69 Å². The Kier molecular flexibility index (Phi) is 5.24. The highest BCUT2D eigenvalue weighted by Gasteiger charge is 2.18. The molecule has 0 spiro atoms. The molecule has 19 heavy (non-hydrogen) atoms. The van der Waals surface area contributed by atoms with Crippen LogP contribution in [-0.2, 0) is 4.79 Å². The minimum atomic E-state index is 0.0654. The number of para-hydroxylation sites is 1. The van der Waals surface area contributed by atoms with E-state index in [-0.39, 0.29) is 5.91 Å². The molecular formula is C14H21N3OS. The summed E-state index contributed by atoms with van der Waals surface area (Å²) in [5, 5.41) is 6.38. The first-order valence-electron chi connectivity index (χ1n) is 6.57. The lowest BCUT2D eigenvalue weighted by molar-refractivity contribution is -0.117. The zero-order valence-corrected chi connectivity index (χ0v) is 12.3. The molecule has 0 aliphatic carbocycles. The van der Waals surface area contributed by atoms with E-state index in [1.807, 2.05) is 30.5 Å². The van der Waals surface area contributed by atoms with Crippen LogP contribution in [0, 0.1) is 0 Å². The van der Waals surface area contributed by atoms with Crippen LogP contribution in [0.5, 0.6) is 0 Å². The molecule has 0 radical (unpaired) electrons. The standard InChI is InChI=1S/C14H21N3OS/c1-11-9-17(8-7-15-11)10-14(18)16-12-5-3-4-6-13(12)19-2/h3-6,11,15H,7-10H2,1-2H3,(H,16,18). The van der Waals surface area contributed by atoms with Gasteiger partial charge >= 0.3 is 0 Å². The first-order valence-corrected chi connectivity index (χ1v) is 7.80. The fraction of sp³-hybridized carbons (Fsp3) is 0.500. The van der Waals surface area contributed by atoms with Crippen molar-refractivity contribution in [3.8, 4) is 0 Å². The number of thioether (sulfide) groups is 1. The minimum absolute atomic E-state index is 0.0654. The van der Waals surface area contributed by atoms with E-state index >= 15 is 0 Å². The summed E-state index contributed by atoms with van der Waals surface area (Å²) in [4.78, 5) is 15.4. The first-order chi connectivity index (χ1) is 9.19. The highest BCUT2D eigenvalue weighted by Crippen LogP contribution is 2.24. The minimum Gasteiger partial charge on any atom is -0.324 e. The summed E-state index contributed by atoms with van der Waals surface area (Å²) in [7, 11) is 0. The van der Waals surface area contributed by atoms with E-state index in [1.165, 1.54) is 0 Å². The van der Waals surface area contributed by atoms with Crippen molar-refractivity contribution in [2.24, 2.45) is 0 Å². The van der Waals surface area contributed by atoms with Crippen molar-refractivity contribution in [2.45, 2.75) is 17.9 Å². The summed E-state index contributed by atoms with van der Waals surface area (Å²) >= 11 is 1.65. The van der Waals surface area contributed by atoms with Gasteiger partial charge < -0.3 is 10.6 Å². The van der Waals surface area contributed by atoms with E-state index in [0.29, 0.717) is 12.6 Å². The number of nitrogens with one attached hydrogen (secondary N) is 2. The Morgan fingerprint density at radius 3 is 3.05 bits per heavy atom. The molecule has 1 aromatic carbocycles. The number of benzene rings is 1. The lowest BCUT2D eigenvalue weighted by Crippen LogP contribution is -2.51. The molecule has 2 N–H and O–H groups in total. The second-order valence-electron chi connectivity index (χ2n) is 4.84. The van der Waals surface area contributed by atoms with Crippen LogP contribution >= 0.6 is 11.8 Å². The molecule has 1 aliphatic heterocycles. The van der Waals surface area contributed by atoms with Gasteiger partial charge in [-0.05, 0) is 25.3 Å². The van der Waals surface area contributed by atoms with Crippen LogP contribution in [0.3, 0.4) is 0 Å². The molecule has 1 heterocycles. The average Bonchev–Trinajstić information content (AvgIpc) is 2.39. The molecule has 0 aromatic heterocycles. The molecule has 1 amide bonds. The lowest BCUT2D eigenvalue weighted by Gasteiger charge is -2.31. The zero-order chi connectivity index (χ0) is 13.7. The monoisotopic (exact) mass is 279 g/mol. The largest absolute Gasteiger partial charge is 0.324 e. The number of amides is 1. The predicted octanol–water partition coefficient (Wildman–Crippen LogP) is 1.64. The van der Waals surface area contributed by atoms with Crippen LogP contribution in [0.2, 0.25) is 0 Å². The topological polar surface area (TPSA) is 44.4 Å². The van der Waals surface area contributed by atoms with Crippen molar-refractivity contribution in [3.05, 3.63) is 24.3 Å². The molecule has 104 valence electrons. The van der Waals surface area contributed by atoms with Crippen molar-refractivity contribution in [1.82, 2.24) is 10.2 Å². The third-order valence-electron chi connectivity index (χ3n) is 3.20. The van der Waals surface area contributed by atoms with Gasteiger partial charge in [0.15, 0.2) is 0 Å². The van der Waals surface area contributed by atoms with Crippen molar-refractivity contribution in [3.63, 3.8) is 0 Å². The van der Waals surface area contributed by atoms with Gasteiger partial charge in [-0.2, -0.15) is 0 Å². The third-order valence-corrected chi connectivity index (χ3v) is 4.00. The number of hydrogen-bond acceptors (Lipinski definition) is 4. The van der Waals surface area contributed by atoms with Crippen molar-refractivity contribution in [2.75, 3.05) is 37.8 Å². The molecule has 4 nitrogen and oxygen atoms in total. The molecule has 2 rings (SSSR count). The van der Waals surface area contributed by atoms with Gasteiger partial charge in [0.05, 0.1) is 12.2 Å². The average molecular weight is 279 g/mol. The van der Waals surface area contributed by atoms with E-state index in [0.717, 1.165) is 30.2 Å². The second-order valence-corrected chi connectivity index (χ2v) is 5.69.